The molecule has 0 fully saturated rings. The molecule has 0 saturated heterocycles. The molecule has 128 valence electrons. The number of carbonyl (C=O) groups excluding carboxylic acids is 1. The summed E-state index contributed by atoms with van der Waals surface area (Å²) in [6.45, 7) is 8.59. The van der Waals surface area contributed by atoms with Crippen molar-refractivity contribution in [3.05, 3.63) is 58.4 Å². The molecule has 0 saturated carbocycles. The lowest BCUT2D eigenvalue weighted by atomic mass is 10.1. The molecule has 1 heterocycles. The summed E-state index contributed by atoms with van der Waals surface area (Å²) in [4.78, 5) is 11.7. The van der Waals surface area contributed by atoms with Gasteiger partial charge < -0.3 is 10.4 Å². The third-order valence-corrected chi connectivity index (χ3v) is 3.86. The number of amides is 1. The SMILES string of the molecule is Cc1ccc(Cn2nc(C)c(/C=C/C(=O)NCC(C)O)c2C)cc1. The van der Waals surface area contributed by atoms with Crippen LogP contribution in [0.5, 0.6) is 0 Å². The van der Waals surface area contributed by atoms with Crippen LogP contribution in [0.25, 0.3) is 6.08 Å². The lowest BCUT2D eigenvalue weighted by molar-refractivity contribution is -0.116. The van der Waals surface area contributed by atoms with Crippen LogP contribution in [0.3, 0.4) is 0 Å². The zero-order valence-electron chi connectivity index (χ0n) is 14.7. The highest BCUT2D eigenvalue weighted by molar-refractivity contribution is 5.92. The van der Waals surface area contributed by atoms with Crippen molar-refractivity contribution in [2.24, 2.45) is 0 Å². The van der Waals surface area contributed by atoms with Crippen LogP contribution in [0.15, 0.2) is 30.3 Å². The number of benzene rings is 1. The predicted octanol–water partition coefficient (Wildman–Crippen LogP) is 2.37. The first-order valence-corrected chi connectivity index (χ1v) is 8.10. The Kier molecular flexibility index (Phi) is 5.93. The van der Waals surface area contributed by atoms with Crippen molar-refractivity contribution in [2.75, 3.05) is 6.54 Å². The number of aliphatic hydroxyl groups excluding tert-OH is 1. The van der Waals surface area contributed by atoms with Gasteiger partial charge in [0.15, 0.2) is 0 Å². The fourth-order valence-electron chi connectivity index (χ4n) is 2.44. The van der Waals surface area contributed by atoms with Crippen molar-refractivity contribution in [3.8, 4) is 0 Å². The Bertz CT molecular complexity index is 728. The highest BCUT2D eigenvalue weighted by Crippen LogP contribution is 2.16. The minimum atomic E-state index is -0.553. The van der Waals surface area contributed by atoms with Crippen molar-refractivity contribution in [2.45, 2.75) is 40.3 Å². The van der Waals surface area contributed by atoms with Gasteiger partial charge in [0.1, 0.15) is 0 Å². The number of nitrogens with zero attached hydrogens (tertiary/aromatic N) is 2. The van der Waals surface area contributed by atoms with E-state index in [9.17, 15) is 9.90 Å². The summed E-state index contributed by atoms with van der Waals surface area (Å²) in [6.07, 6.45) is 2.71. The molecule has 0 aliphatic rings. The number of rotatable bonds is 6. The van der Waals surface area contributed by atoms with Gasteiger partial charge in [0, 0.05) is 23.9 Å². The molecule has 1 aromatic carbocycles. The summed E-state index contributed by atoms with van der Waals surface area (Å²) in [7, 11) is 0. The maximum atomic E-state index is 11.7. The number of nitrogens with one attached hydrogen (secondary N) is 1. The molecule has 0 bridgehead atoms. The molecule has 1 aromatic heterocycles. The van der Waals surface area contributed by atoms with Gasteiger partial charge in [-0.15, -0.1) is 0 Å². The molecule has 24 heavy (non-hydrogen) atoms. The third kappa shape index (κ3) is 4.80. The van der Waals surface area contributed by atoms with Gasteiger partial charge in [-0.25, -0.2) is 0 Å². The molecule has 0 radical (unpaired) electrons. The molecule has 1 unspecified atom stereocenters. The van der Waals surface area contributed by atoms with Gasteiger partial charge in [0.2, 0.25) is 5.91 Å². The molecule has 2 N–H and O–H groups in total. The summed E-state index contributed by atoms with van der Waals surface area (Å²) in [5, 5.41) is 16.4. The number of aromatic nitrogens is 2. The highest BCUT2D eigenvalue weighted by Gasteiger charge is 2.10. The first-order chi connectivity index (χ1) is 11.4. The van der Waals surface area contributed by atoms with Crippen LogP contribution in [0.4, 0.5) is 0 Å². The lowest BCUT2D eigenvalue weighted by Crippen LogP contribution is -2.28. The number of aryl methyl sites for hydroxylation is 2. The molecule has 1 amide bonds. The van der Waals surface area contributed by atoms with E-state index in [1.807, 2.05) is 18.5 Å². The van der Waals surface area contributed by atoms with E-state index in [0.29, 0.717) is 6.54 Å². The largest absolute Gasteiger partial charge is 0.392 e. The third-order valence-electron chi connectivity index (χ3n) is 3.86. The Labute approximate surface area is 143 Å². The van der Waals surface area contributed by atoms with Crippen molar-refractivity contribution in [1.29, 1.82) is 0 Å². The summed E-state index contributed by atoms with van der Waals surface area (Å²) >= 11 is 0. The fraction of sp³-hybridized carbons (Fsp3) is 0.368. The zero-order chi connectivity index (χ0) is 17.7. The molecular weight excluding hydrogens is 302 g/mol. The summed E-state index contributed by atoms with van der Waals surface area (Å²) in [5.41, 5.74) is 5.29. The maximum Gasteiger partial charge on any atom is 0.244 e. The van der Waals surface area contributed by atoms with Gasteiger partial charge in [0.05, 0.1) is 18.3 Å². The maximum absolute atomic E-state index is 11.7. The second-order valence-electron chi connectivity index (χ2n) is 6.16. The quantitative estimate of drug-likeness (QED) is 0.801. The van der Waals surface area contributed by atoms with E-state index in [4.69, 9.17) is 0 Å². The molecule has 2 aromatic rings. The van der Waals surface area contributed by atoms with Gasteiger partial charge in [0.25, 0.3) is 0 Å². The Balaban J connectivity index is 2.11. The molecular formula is C19H25N3O2. The Morgan fingerprint density at radius 3 is 2.58 bits per heavy atom. The van der Waals surface area contributed by atoms with Crippen molar-refractivity contribution < 1.29 is 9.90 Å². The Morgan fingerprint density at radius 1 is 1.29 bits per heavy atom. The molecule has 1 atom stereocenters. The minimum Gasteiger partial charge on any atom is -0.392 e. The van der Waals surface area contributed by atoms with Crippen LogP contribution < -0.4 is 5.32 Å². The van der Waals surface area contributed by atoms with Crippen LogP contribution in [0, 0.1) is 20.8 Å². The lowest BCUT2D eigenvalue weighted by Gasteiger charge is -2.05. The monoisotopic (exact) mass is 327 g/mol. The standard InChI is InChI=1S/C19H25N3O2/c1-13-5-7-17(8-6-13)12-22-16(4)18(15(3)21-22)9-10-19(24)20-11-14(2)23/h5-10,14,23H,11-12H2,1-4H3,(H,20,24)/b10-9+. The minimum absolute atomic E-state index is 0.221. The van der Waals surface area contributed by atoms with E-state index in [1.165, 1.54) is 17.2 Å². The second-order valence-corrected chi connectivity index (χ2v) is 6.16. The topological polar surface area (TPSA) is 67.2 Å². The van der Waals surface area contributed by atoms with Crippen LogP contribution in [-0.4, -0.2) is 33.4 Å². The molecule has 0 aliphatic heterocycles. The summed E-state index contributed by atoms with van der Waals surface area (Å²) < 4.78 is 1.95. The molecule has 5 nitrogen and oxygen atoms in total. The van der Waals surface area contributed by atoms with Gasteiger partial charge in [-0.05, 0) is 39.3 Å². The summed E-state index contributed by atoms with van der Waals surface area (Å²) in [5.74, 6) is -0.221. The first-order valence-electron chi connectivity index (χ1n) is 8.10. The summed E-state index contributed by atoms with van der Waals surface area (Å²) in [6, 6.07) is 8.39. The molecule has 5 heteroatoms. The van der Waals surface area contributed by atoms with Crippen molar-refractivity contribution >= 4 is 12.0 Å². The van der Waals surface area contributed by atoms with E-state index in [2.05, 4.69) is 41.6 Å². The van der Waals surface area contributed by atoms with Crippen LogP contribution in [-0.2, 0) is 11.3 Å². The first kappa shape index (κ1) is 17.9. The van der Waals surface area contributed by atoms with E-state index in [-0.39, 0.29) is 12.5 Å². The number of hydrogen-bond donors (Lipinski definition) is 2. The van der Waals surface area contributed by atoms with Gasteiger partial charge in [-0.2, -0.15) is 5.10 Å². The van der Waals surface area contributed by atoms with Crippen LogP contribution in [0.1, 0.15) is 35.0 Å². The Hall–Kier alpha value is -2.40. The number of hydrogen-bond acceptors (Lipinski definition) is 3. The second kappa shape index (κ2) is 7.93. The van der Waals surface area contributed by atoms with E-state index < -0.39 is 6.10 Å². The van der Waals surface area contributed by atoms with E-state index in [0.717, 1.165) is 17.0 Å². The Morgan fingerprint density at radius 2 is 1.96 bits per heavy atom. The van der Waals surface area contributed by atoms with Gasteiger partial charge >= 0.3 is 0 Å². The van der Waals surface area contributed by atoms with Crippen LogP contribution in [0.2, 0.25) is 0 Å². The average molecular weight is 327 g/mol. The van der Waals surface area contributed by atoms with Crippen molar-refractivity contribution in [1.82, 2.24) is 15.1 Å². The van der Waals surface area contributed by atoms with Gasteiger partial charge in [-0.3, -0.25) is 9.48 Å². The smallest absolute Gasteiger partial charge is 0.244 e. The molecule has 0 spiro atoms. The fourth-order valence-corrected chi connectivity index (χ4v) is 2.44. The normalized spacial score (nSPS) is 12.5. The van der Waals surface area contributed by atoms with Crippen LogP contribution >= 0.6 is 0 Å². The van der Waals surface area contributed by atoms with E-state index in [1.54, 1.807) is 13.0 Å². The predicted molar refractivity (Wildman–Crippen MR) is 95.7 cm³/mol. The number of aliphatic hydroxyl groups is 1. The van der Waals surface area contributed by atoms with Crippen molar-refractivity contribution in [3.63, 3.8) is 0 Å². The molecule has 0 aliphatic carbocycles. The van der Waals surface area contributed by atoms with E-state index >= 15 is 0 Å². The zero-order valence-corrected chi connectivity index (χ0v) is 14.7. The highest BCUT2D eigenvalue weighted by atomic mass is 16.3. The molecule has 2 rings (SSSR count). The average Bonchev–Trinajstić information content (AvgIpc) is 2.79. The van der Waals surface area contributed by atoms with Gasteiger partial charge in [-0.1, -0.05) is 29.8 Å². The number of carbonyl (C=O) groups is 1.